The number of pyridine rings is 1. The first kappa shape index (κ1) is 13.5. The zero-order valence-corrected chi connectivity index (χ0v) is 10.7. The highest BCUT2D eigenvalue weighted by molar-refractivity contribution is 6.31. The molecule has 1 aromatic heterocycles. The molecule has 0 unspecified atom stereocenters. The summed E-state index contributed by atoms with van der Waals surface area (Å²) in [5.41, 5.74) is 0.242. The fraction of sp³-hybridized carbons (Fsp3) is 0. The summed E-state index contributed by atoms with van der Waals surface area (Å²) >= 11 is 11.3. The first-order chi connectivity index (χ1) is 8.95. The molecule has 2 aromatic rings. The molecule has 0 bridgehead atoms. The molecule has 1 N–H and O–H groups in total. The molecule has 98 valence electrons. The van der Waals surface area contributed by atoms with Crippen molar-refractivity contribution in [2.45, 2.75) is 0 Å². The molecule has 0 amide bonds. The van der Waals surface area contributed by atoms with Crippen molar-refractivity contribution in [2.75, 3.05) is 5.32 Å². The summed E-state index contributed by atoms with van der Waals surface area (Å²) < 4.78 is 13.0. The zero-order chi connectivity index (χ0) is 14.0. The Hall–Kier alpha value is -1.92. The van der Waals surface area contributed by atoms with Crippen LogP contribution in [0.3, 0.4) is 0 Å². The topological polar surface area (TPSA) is 68.1 Å². The lowest BCUT2D eigenvalue weighted by atomic mass is 10.3. The maximum absolute atomic E-state index is 13.0. The number of hydrogen-bond acceptors (Lipinski definition) is 4. The minimum Gasteiger partial charge on any atom is -0.340 e. The van der Waals surface area contributed by atoms with Gasteiger partial charge in [-0.3, -0.25) is 10.1 Å². The van der Waals surface area contributed by atoms with Crippen LogP contribution in [-0.4, -0.2) is 9.91 Å². The zero-order valence-electron chi connectivity index (χ0n) is 9.23. The second-order valence-electron chi connectivity index (χ2n) is 3.54. The van der Waals surface area contributed by atoms with Crippen molar-refractivity contribution in [3.05, 3.63) is 56.4 Å². The van der Waals surface area contributed by atoms with E-state index < -0.39 is 10.7 Å². The van der Waals surface area contributed by atoms with E-state index in [2.05, 4.69) is 10.3 Å². The number of halogens is 3. The molecule has 0 radical (unpaired) electrons. The molecule has 2 rings (SSSR count). The van der Waals surface area contributed by atoms with Crippen molar-refractivity contribution in [3.63, 3.8) is 0 Å². The molecule has 0 aliphatic heterocycles. The molecule has 0 aliphatic rings. The van der Waals surface area contributed by atoms with Crippen molar-refractivity contribution in [2.24, 2.45) is 0 Å². The number of nitrogens with zero attached hydrogens (tertiary/aromatic N) is 2. The predicted molar refractivity (Wildman–Crippen MR) is 70.6 cm³/mol. The Balaban J connectivity index is 2.32. The summed E-state index contributed by atoms with van der Waals surface area (Å²) in [6, 6.07) is 6.28. The van der Waals surface area contributed by atoms with E-state index in [-0.39, 0.29) is 21.7 Å². The van der Waals surface area contributed by atoms with E-state index in [0.717, 1.165) is 6.07 Å². The van der Waals surface area contributed by atoms with Gasteiger partial charge >= 0.3 is 0 Å². The molecule has 0 saturated heterocycles. The molecular weight excluding hydrogens is 296 g/mol. The first-order valence-electron chi connectivity index (χ1n) is 5.00. The Morgan fingerprint density at radius 2 is 2.00 bits per heavy atom. The van der Waals surface area contributed by atoms with E-state index in [1.54, 1.807) is 0 Å². The van der Waals surface area contributed by atoms with Crippen molar-refractivity contribution in [1.82, 2.24) is 4.98 Å². The lowest BCUT2D eigenvalue weighted by molar-refractivity contribution is -0.384. The maximum atomic E-state index is 13.0. The van der Waals surface area contributed by atoms with Gasteiger partial charge in [-0.15, -0.1) is 0 Å². The Morgan fingerprint density at radius 3 is 2.63 bits per heavy atom. The quantitative estimate of drug-likeness (QED) is 0.524. The standard InChI is InChI=1S/C11H6Cl2FN3O2/c12-8-3-6(1-2-9(8)14)15-11-5-7(17(18)19)4-10(13)16-11/h1-5H,(H,15,16). The number of anilines is 2. The monoisotopic (exact) mass is 301 g/mol. The normalized spacial score (nSPS) is 10.3. The fourth-order valence-corrected chi connectivity index (χ4v) is 1.76. The summed E-state index contributed by atoms with van der Waals surface area (Å²) in [6.45, 7) is 0. The smallest absolute Gasteiger partial charge is 0.276 e. The third kappa shape index (κ3) is 3.30. The number of nitrogens with one attached hydrogen (secondary N) is 1. The molecule has 1 heterocycles. The van der Waals surface area contributed by atoms with Gasteiger partial charge in [0, 0.05) is 5.69 Å². The second kappa shape index (κ2) is 5.38. The number of rotatable bonds is 3. The molecule has 0 spiro atoms. The molecule has 19 heavy (non-hydrogen) atoms. The molecule has 8 heteroatoms. The van der Waals surface area contributed by atoms with Crippen molar-refractivity contribution in [3.8, 4) is 0 Å². The van der Waals surface area contributed by atoms with Gasteiger partial charge in [-0.25, -0.2) is 9.37 Å². The highest BCUT2D eigenvalue weighted by Crippen LogP contribution is 2.25. The Kier molecular flexibility index (Phi) is 3.82. The third-order valence-electron chi connectivity index (χ3n) is 2.18. The van der Waals surface area contributed by atoms with Crippen LogP contribution in [0.15, 0.2) is 30.3 Å². The van der Waals surface area contributed by atoms with Crippen LogP contribution in [0.4, 0.5) is 21.6 Å². The van der Waals surface area contributed by atoms with Gasteiger partial charge in [0.05, 0.1) is 22.1 Å². The lowest BCUT2D eigenvalue weighted by Gasteiger charge is -2.06. The van der Waals surface area contributed by atoms with E-state index in [0.29, 0.717) is 5.69 Å². The van der Waals surface area contributed by atoms with E-state index >= 15 is 0 Å². The average molecular weight is 302 g/mol. The molecule has 1 aromatic carbocycles. The number of nitro groups is 1. The van der Waals surface area contributed by atoms with Crippen molar-refractivity contribution < 1.29 is 9.31 Å². The summed E-state index contributed by atoms with van der Waals surface area (Å²) in [6.07, 6.45) is 0. The van der Waals surface area contributed by atoms with Gasteiger partial charge in [0.1, 0.15) is 16.8 Å². The summed E-state index contributed by atoms with van der Waals surface area (Å²) in [5.74, 6) is -0.390. The van der Waals surface area contributed by atoms with Crippen LogP contribution in [0.2, 0.25) is 10.2 Å². The van der Waals surface area contributed by atoms with Gasteiger partial charge in [0.2, 0.25) is 0 Å². The molecule has 0 atom stereocenters. The minimum absolute atomic E-state index is 0.0232. The molecule has 0 fully saturated rings. The second-order valence-corrected chi connectivity index (χ2v) is 4.34. The van der Waals surface area contributed by atoms with Crippen LogP contribution >= 0.6 is 23.2 Å². The maximum Gasteiger partial charge on any atom is 0.276 e. The third-order valence-corrected chi connectivity index (χ3v) is 2.66. The minimum atomic E-state index is -0.587. The van der Waals surface area contributed by atoms with Crippen LogP contribution in [-0.2, 0) is 0 Å². The predicted octanol–water partition coefficient (Wildman–Crippen LogP) is 4.18. The van der Waals surface area contributed by atoms with E-state index in [1.165, 1.54) is 24.3 Å². The molecular formula is C11H6Cl2FN3O2. The SMILES string of the molecule is O=[N+]([O-])c1cc(Cl)nc(Nc2ccc(F)c(Cl)c2)c1. The van der Waals surface area contributed by atoms with E-state index in [4.69, 9.17) is 23.2 Å². The van der Waals surface area contributed by atoms with Crippen molar-refractivity contribution in [1.29, 1.82) is 0 Å². The fourth-order valence-electron chi connectivity index (χ4n) is 1.37. The number of aromatic nitrogens is 1. The van der Waals surface area contributed by atoms with Crippen LogP contribution in [0.25, 0.3) is 0 Å². The van der Waals surface area contributed by atoms with Crippen molar-refractivity contribution >= 4 is 40.4 Å². The Morgan fingerprint density at radius 1 is 1.26 bits per heavy atom. The highest BCUT2D eigenvalue weighted by Gasteiger charge is 2.11. The lowest BCUT2D eigenvalue weighted by Crippen LogP contribution is -1.97. The van der Waals surface area contributed by atoms with Gasteiger partial charge in [0.15, 0.2) is 0 Å². The van der Waals surface area contributed by atoms with E-state index in [9.17, 15) is 14.5 Å². The van der Waals surface area contributed by atoms with E-state index in [1.807, 2.05) is 0 Å². The van der Waals surface area contributed by atoms with Gasteiger partial charge in [-0.2, -0.15) is 0 Å². The number of benzene rings is 1. The van der Waals surface area contributed by atoms with Gasteiger partial charge in [0.25, 0.3) is 5.69 Å². The van der Waals surface area contributed by atoms with Crippen LogP contribution < -0.4 is 5.32 Å². The highest BCUT2D eigenvalue weighted by atomic mass is 35.5. The Labute approximate surface area is 117 Å². The summed E-state index contributed by atoms with van der Waals surface area (Å²) in [4.78, 5) is 14.0. The van der Waals surface area contributed by atoms with Gasteiger partial charge in [-0.1, -0.05) is 23.2 Å². The molecule has 0 saturated carbocycles. The van der Waals surface area contributed by atoms with Crippen LogP contribution in [0, 0.1) is 15.9 Å². The Bertz CT molecular complexity index is 652. The largest absolute Gasteiger partial charge is 0.340 e. The average Bonchev–Trinajstić information content (AvgIpc) is 2.33. The molecule has 5 nitrogen and oxygen atoms in total. The van der Waals surface area contributed by atoms with Crippen LogP contribution in [0.5, 0.6) is 0 Å². The summed E-state index contributed by atoms with van der Waals surface area (Å²) in [5, 5.41) is 13.3. The molecule has 0 aliphatic carbocycles. The van der Waals surface area contributed by atoms with Gasteiger partial charge < -0.3 is 5.32 Å². The number of hydrogen-bond donors (Lipinski definition) is 1. The van der Waals surface area contributed by atoms with Crippen LogP contribution in [0.1, 0.15) is 0 Å². The first-order valence-corrected chi connectivity index (χ1v) is 5.75. The summed E-state index contributed by atoms with van der Waals surface area (Å²) in [7, 11) is 0. The van der Waals surface area contributed by atoms with Gasteiger partial charge in [-0.05, 0) is 18.2 Å².